The molecular weight excluding hydrogens is 412 g/mol. The average molecular weight is 445 g/mol. The summed E-state index contributed by atoms with van der Waals surface area (Å²) in [6, 6.07) is 9.14. The van der Waals surface area contributed by atoms with Crippen LogP contribution in [0.3, 0.4) is 0 Å². The number of aryl methyl sites for hydroxylation is 1. The first-order valence-electron chi connectivity index (χ1n) is 11.3. The first-order valence-corrected chi connectivity index (χ1v) is 12.8. The molecule has 2 aromatic rings. The van der Waals surface area contributed by atoms with Gasteiger partial charge in [-0.3, -0.25) is 4.90 Å². The maximum absolute atomic E-state index is 13.4. The van der Waals surface area contributed by atoms with Crippen LogP contribution in [0.4, 0.5) is 0 Å². The quantitative estimate of drug-likeness (QED) is 0.709. The topological polar surface area (TPSA) is 67.7 Å². The summed E-state index contributed by atoms with van der Waals surface area (Å²) in [4.78, 5) is 6.87. The Morgan fingerprint density at radius 2 is 2.03 bits per heavy atom. The van der Waals surface area contributed by atoms with E-state index in [2.05, 4.69) is 22.0 Å². The summed E-state index contributed by atoms with van der Waals surface area (Å²) in [7, 11) is -0.0577. The van der Waals surface area contributed by atoms with Crippen molar-refractivity contribution >= 4 is 10.0 Å². The number of nitrogens with zero attached hydrogens (tertiary/aromatic N) is 4. The van der Waals surface area contributed by atoms with Crippen molar-refractivity contribution in [2.24, 2.45) is 18.9 Å². The minimum atomic E-state index is -3.57. The van der Waals surface area contributed by atoms with Crippen LogP contribution in [0.25, 0.3) is 0 Å². The Balaban J connectivity index is 1.44. The van der Waals surface area contributed by atoms with E-state index in [1.807, 2.05) is 12.1 Å². The Morgan fingerprint density at radius 1 is 1.19 bits per heavy atom. The lowest BCUT2D eigenvalue weighted by Gasteiger charge is -2.56. The second-order valence-electron chi connectivity index (χ2n) is 9.38. The normalized spacial score (nSPS) is 29.5. The first-order chi connectivity index (χ1) is 15.0. The summed E-state index contributed by atoms with van der Waals surface area (Å²) in [5, 5.41) is 0.166. The highest BCUT2D eigenvalue weighted by atomic mass is 32.2. The molecule has 7 nitrogen and oxygen atoms in total. The number of benzene rings is 1. The van der Waals surface area contributed by atoms with Gasteiger partial charge in [0.25, 0.3) is 10.0 Å². The molecule has 3 saturated heterocycles. The van der Waals surface area contributed by atoms with Gasteiger partial charge in [0.15, 0.2) is 5.03 Å². The largest absolute Gasteiger partial charge is 0.497 e. The van der Waals surface area contributed by atoms with Crippen molar-refractivity contribution in [3.63, 3.8) is 0 Å². The van der Waals surface area contributed by atoms with Crippen molar-refractivity contribution in [2.75, 3.05) is 26.7 Å². The van der Waals surface area contributed by atoms with Crippen LogP contribution in [0.1, 0.15) is 31.2 Å². The molecule has 168 valence electrons. The number of fused-ring (bicyclic) bond motifs is 4. The zero-order chi connectivity index (χ0) is 21.6. The van der Waals surface area contributed by atoms with Gasteiger partial charge in [0, 0.05) is 38.4 Å². The monoisotopic (exact) mass is 444 g/mol. The van der Waals surface area contributed by atoms with E-state index in [-0.39, 0.29) is 5.03 Å². The molecule has 3 aliphatic heterocycles. The minimum absolute atomic E-state index is 0.166. The third-order valence-corrected chi connectivity index (χ3v) is 9.17. The molecule has 0 amide bonds. The summed E-state index contributed by atoms with van der Waals surface area (Å²) in [6.07, 6.45) is 8.87. The highest BCUT2D eigenvalue weighted by Crippen LogP contribution is 2.43. The van der Waals surface area contributed by atoms with E-state index in [1.165, 1.54) is 24.8 Å². The highest BCUT2D eigenvalue weighted by molar-refractivity contribution is 7.89. The van der Waals surface area contributed by atoms with E-state index in [4.69, 9.17) is 4.74 Å². The van der Waals surface area contributed by atoms with Crippen LogP contribution in [0.15, 0.2) is 41.8 Å². The molecule has 0 saturated carbocycles. The molecule has 0 aliphatic carbocycles. The van der Waals surface area contributed by atoms with Gasteiger partial charge in [0.1, 0.15) is 5.75 Å². The average Bonchev–Trinajstić information content (AvgIpc) is 3.24. The van der Waals surface area contributed by atoms with Crippen molar-refractivity contribution in [1.82, 2.24) is 18.8 Å². The van der Waals surface area contributed by atoms with Crippen molar-refractivity contribution < 1.29 is 13.2 Å². The number of sulfonamides is 1. The minimum Gasteiger partial charge on any atom is -0.497 e. The van der Waals surface area contributed by atoms with E-state index in [0.29, 0.717) is 37.0 Å². The van der Waals surface area contributed by atoms with E-state index in [9.17, 15) is 8.42 Å². The number of imidazole rings is 1. The predicted octanol–water partition coefficient (Wildman–Crippen LogP) is 2.53. The lowest BCUT2D eigenvalue weighted by molar-refractivity contribution is -0.0550. The second kappa shape index (κ2) is 8.22. The van der Waals surface area contributed by atoms with Gasteiger partial charge in [-0.15, -0.1) is 0 Å². The lowest BCUT2D eigenvalue weighted by Crippen LogP contribution is -2.64. The molecule has 5 rings (SSSR count). The number of hydrogen-bond acceptors (Lipinski definition) is 5. The number of hydrogen-bond donors (Lipinski definition) is 0. The molecular formula is C23H32N4O3S. The number of ether oxygens (including phenoxy) is 1. The Hall–Kier alpha value is -1.90. The summed E-state index contributed by atoms with van der Waals surface area (Å²) < 4.78 is 35.6. The van der Waals surface area contributed by atoms with E-state index in [1.54, 1.807) is 35.6 Å². The fourth-order valence-electron chi connectivity index (χ4n) is 6.04. The number of aromatic nitrogens is 2. The predicted molar refractivity (Wildman–Crippen MR) is 118 cm³/mol. The van der Waals surface area contributed by atoms with Crippen LogP contribution in [0.5, 0.6) is 5.75 Å². The maximum Gasteiger partial charge on any atom is 0.262 e. The Kier molecular flexibility index (Phi) is 5.56. The molecule has 0 N–H and O–H groups in total. The zero-order valence-corrected chi connectivity index (χ0v) is 19.2. The molecule has 3 fully saturated rings. The van der Waals surface area contributed by atoms with Crippen molar-refractivity contribution in [2.45, 2.75) is 49.2 Å². The molecule has 0 radical (unpaired) electrons. The SMILES string of the molecule is COc1cccc(C[C@H]2[C@H]3C[C@H](CN(S(=O)(=O)c4cn(C)cn4)C3)[C@@H]3CCCCN32)c1. The second-order valence-corrected chi connectivity index (χ2v) is 11.3. The van der Waals surface area contributed by atoms with Crippen LogP contribution in [0.2, 0.25) is 0 Å². The zero-order valence-electron chi connectivity index (χ0n) is 18.4. The van der Waals surface area contributed by atoms with Gasteiger partial charge in [-0.1, -0.05) is 18.6 Å². The van der Waals surface area contributed by atoms with Crippen molar-refractivity contribution in [1.29, 1.82) is 0 Å². The molecule has 4 heterocycles. The molecule has 1 aromatic carbocycles. The lowest BCUT2D eigenvalue weighted by atomic mass is 9.71. The summed E-state index contributed by atoms with van der Waals surface area (Å²) in [5.41, 5.74) is 1.26. The van der Waals surface area contributed by atoms with Crippen LogP contribution >= 0.6 is 0 Å². The molecule has 2 bridgehead atoms. The van der Waals surface area contributed by atoms with Gasteiger partial charge in [-0.05, 0) is 61.8 Å². The van der Waals surface area contributed by atoms with E-state index < -0.39 is 10.0 Å². The molecule has 31 heavy (non-hydrogen) atoms. The fraction of sp³-hybridized carbons (Fsp3) is 0.609. The molecule has 1 aromatic heterocycles. The van der Waals surface area contributed by atoms with Crippen LogP contribution in [0, 0.1) is 11.8 Å². The maximum atomic E-state index is 13.4. The van der Waals surface area contributed by atoms with Crippen LogP contribution in [-0.4, -0.2) is 66.0 Å². The third kappa shape index (κ3) is 3.90. The summed E-state index contributed by atoms with van der Waals surface area (Å²) >= 11 is 0. The third-order valence-electron chi connectivity index (χ3n) is 7.45. The Morgan fingerprint density at radius 3 is 2.81 bits per heavy atom. The van der Waals surface area contributed by atoms with E-state index >= 15 is 0 Å². The van der Waals surface area contributed by atoms with Gasteiger partial charge < -0.3 is 9.30 Å². The Bertz CT molecular complexity index is 1040. The fourth-order valence-corrected chi connectivity index (χ4v) is 7.56. The van der Waals surface area contributed by atoms with Gasteiger partial charge in [-0.25, -0.2) is 13.4 Å². The number of piperidine rings is 3. The standard InChI is InChI=1S/C23H32N4O3S/c1-25-15-23(24-16-25)31(28,29)26-13-18-12-19(14-26)22(27-9-4-3-8-21(18)27)11-17-6-5-7-20(10-17)30-2/h5-7,10,15-16,18-19,21-22H,3-4,8-9,11-14H2,1-2H3/t18-,19+,21+,22+/m1/s1. The molecule has 0 unspecified atom stereocenters. The van der Waals surface area contributed by atoms with Gasteiger partial charge in [-0.2, -0.15) is 4.31 Å². The van der Waals surface area contributed by atoms with Crippen molar-refractivity contribution in [3.8, 4) is 5.75 Å². The highest BCUT2D eigenvalue weighted by Gasteiger charge is 2.49. The van der Waals surface area contributed by atoms with Crippen LogP contribution in [-0.2, 0) is 23.5 Å². The molecule has 8 heteroatoms. The Labute approximate surface area is 185 Å². The van der Waals surface area contributed by atoms with Crippen LogP contribution < -0.4 is 4.74 Å². The van der Waals surface area contributed by atoms with Gasteiger partial charge >= 0.3 is 0 Å². The summed E-state index contributed by atoms with van der Waals surface area (Å²) in [5.74, 6) is 1.61. The van der Waals surface area contributed by atoms with Gasteiger partial charge in [0.05, 0.1) is 13.4 Å². The molecule has 4 atom stereocenters. The smallest absolute Gasteiger partial charge is 0.262 e. The number of rotatable bonds is 5. The molecule has 3 aliphatic rings. The van der Waals surface area contributed by atoms with Gasteiger partial charge in [0.2, 0.25) is 0 Å². The van der Waals surface area contributed by atoms with Crippen molar-refractivity contribution in [3.05, 3.63) is 42.4 Å². The number of methoxy groups -OCH3 is 1. The first kappa shape index (κ1) is 21.0. The van der Waals surface area contributed by atoms with E-state index in [0.717, 1.165) is 25.1 Å². The molecule has 0 spiro atoms. The summed E-state index contributed by atoms with van der Waals surface area (Å²) in [6.45, 7) is 2.31.